The fourth-order valence-corrected chi connectivity index (χ4v) is 7.05. The van der Waals surface area contributed by atoms with Crippen LogP contribution in [0.3, 0.4) is 0 Å². The smallest absolute Gasteiger partial charge is 0.287 e. The first-order valence-electron chi connectivity index (χ1n) is 11.6. The predicted molar refractivity (Wildman–Crippen MR) is 127 cm³/mol. The fourth-order valence-electron chi connectivity index (χ4n) is 4.86. The summed E-state index contributed by atoms with van der Waals surface area (Å²) < 4.78 is 64.1. The standard InChI is InChI=1S/C25H26F2N4O4S/c1-16-7-8-22(17-5-3-2-4-6-17)36(33,34)31(16)13-18-11-21(27)19(12-20(18)26)25(14-35-15-25)30-24(32)23-28-9-10-29-23/h2-6,9-12,16,22H,7-8,13-15H2,1H3,(H,28,29)(H,30,32)/t16-,22+/m1/s1. The lowest BCUT2D eigenvalue weighted by molar-refractivity contribution is -0.0751. The molecule has 0 spiro atoms. The lowest BCUT2D eigenvalue weighted by Gasteiger charge is -2.42. The Balaban J connectivity index is 1.42. The van der Waals surface area contributed by atoms with Gasteiger partial charge in [-0.25, -0.2) is 22.2 Å². The van der Waals surface area contributed by atoms with Crippen LogP contribution in [0.4, 0.5) is 8.78 Å². The van der Waals surface area contributed by atoms with Gasteiger partial charge in [0.25, 0.3) is 5.91 Å². The summed E-state index contributed by atoms with van der Waals surface area (Å²) in [6.45, 7) is 1.40. The molecule has 0 saturated carbocycles. The SMILES string of the molecule is C[C@@H]1CC[C@@H](c2ccccc2)S(=O)(=O)N1Cc1cc(F)c(C2(NC(=O)c3ncc[nH]3)COC2)cc1F. The van der Waals surface area contributed by atoms with Crippen molar-refractivity contribution in [2.24, 2.45) is 0 Å². The monoisotopic (exact) mass is 516 g/mol. The first-order valence-corrected chi connectivity index (χ1v) is 13.2. The zero-order valence-electron chi connectivity index (χ0n) is 19.6. The van der Waals surface area contributed by atoms with Crippen molar-refractivity contribution in [2.75, 3.05) is 13.2 Å². The number of benzene rings is 2. The third kappa shape index (κ3) is 4.31. The number of hydrogen-bond donors (Lipinski definition) is 2. The van der Waals surface area contributed by atoms with Crippen LogP contribution in [0.25, 0.3) is 0 Å². The number of nitrogens with zero attached hydrogens (tertiary/aromatic N) is 2. The zero-order valence-corrected chi connectivity index (χ0v) is 20.4. The third-order valence-corrected chi connectivity index (χ3v) is 9.31. The van der Waals surface area contributed by atoms with E-state index in [0.717, 1.165) is 12.1 Å². The number of aromatic nitrogens is 2. The van der Waals surface area contributed by atoms with E-state index in [1.807, 2.05) is 6.07 Å². The molecule has 2 saturated heterocycles. The van der Waals surface area contributed by atoms with Gasteiger partial charge < -0.3 is 15.0 Å². The topological polar surface area (TPSA) is 104 Å². The van der Waals surface area contributed by atoms with Crippen LogP contribution in [0, 0.1) is 11.6 Å². The number of rotatable bonds is 6. The highest BCUT2D eigenvalue weighted by Crippen LogP contribution is 2.39. The summed E-state index contributed by atoms with van der Waals surface area (Å²) in [4.78, 5) is 19.1. The van der Waals surface area contributed by atoms with Crippen LogP contribution in [0.15, 0.2) is 54.9 Å². The molecule has 190 valence electrons. The predicted octanol–water partition coefficient (Wildman–Crippen LogP) is 3.40. The quantitative estimate of drug-likeness (QED) is 0.523. The van der Waals surface area contributed by atoms with E-state index >= 15 is 8.78 Å². The lowest BCUT2D eigenvalue weighted by atomic mass is 9.86. The highest BCUT2D eigenvalue weighted by atomic mass is 32.2. The van der Waals surface area contributed by atoms with Crippen molar-refractivity contribution in [1.29, 1.82) is 0 Å². The number of H-pyrrole nitrogens is 1. The molecule has 3 heterocycles. The molecule has 0 radical (unpaired) electrons. The molecular formula is C25H26F2N4O4S. The maximum atomic E-state index is 15.4. The Morgan fingerprint density at radius 3 is 2.58 bits per heavy atom. The molecule has 3 aromatic rings. The Hall–Kier alpha value is -3.15. The van der Waals surface area contributed by atoms with Crippen molar-refractivity contribution in [3.63, 3.8) is 0 Å². The second kappa shape index (κ2) is 9.38. The van der Waals surface area contributed by atoms with Crippen LogP contribution in [0.2, 0.25) is 0 Å². The number of sulfonamides is 1. The van der Waals surface area contributed by atoms with Crippen molar-refractivity contribution in [3.8, 4) is 0 Å². The van der Waals surface area contributed by atoms with Gasteiger partial charge >= 0.3 is 0 Å². The van der Waals surface area contributed by atoms with Gasteiger partial charge in [0.05, 0.1) is 13.2 Å². The molecule has 2 aliphatic rings. The van der Waals surface area contributed by atoms with Gasteiger partial charge in [0.1, 0.15) is 22.4 Å². The first-order chi connectivity index (χ1) is 17.2. The number of hydrogen-bond acceptors (Lipinski definition) is 5. The van der Waals surface area contributed by atoms with Gasteiger partial charge in [-0.1, -0.05) is 30.3 Å². The summed E-state index contributed by atoms with van der Waals surface area (Å²) in [7, 11) is -3.81. The van der Waals surface area contributed by atoms with Gasteiger partial charge in [0.2, 0.25) is 10.0 Å². The van der Waals surface area contributed by atoms with E-state index in [-0.39, 0.29) is 42.8 Å². The summed E-state index contributed by atoms with van der Waals surface area (Å²) in [6, 6.07) is 10.6. The molecule has 2 aliphatic heterocycles. The normalized spacial score (nSPS) is 23.1. The van der Waals surface area contributed by atoms with E-state index < -0.39 is 38.4 Å². The van der Waals surface area contributed by atoms with Crippen molar-refractivity contribution < 1.29 is 26.7 Å². The van der Waals surface area contributed by atoms with E-state index in [1.54, 1.807) is 31.2 Å². The molecule has 1 amide bonds. The zero-order chi connectivity index (χ0) is 25.5. The van der Waals surface area contributed by atoms with Crippen molar-refractivity contribution >= 4 is 15.9 Å². The number of carbonyl (C=O) groups excluding carboxylic acids is 1. The Morgan fingerprint density at radius 2 is 1.94 bits per heavy atom. The Labute approximate surface area is 207 Å². The van der Waals surface area contributed by atoms with Gasteiger partial charge in [-0.2, -0.15) is 4.31 Å². The molecule has 0 unspecified atom stereocenters. The van der Waals surface area contributed by atoms with E-state index in [9.17, 15) is 13.2 Å². The average molecular weight is 517 g/mol. The van der Waals surface area contributed by atoms with E-state index in [0.29, 0.717) is 18.4 Å². The van der Waals surface area contributed by atoms with Crippen LogP contribution in [0.1, 0.15) is 52.3 Å². The van der Waals surface area contributed by atoms with Crippen LogP contribution in [-0.4, -0.2) is 47.9 Å². The number of aromatic amines is 1. The molecule has 36 heavy (non-hydrogen) atoms. The number of ether oxygens (including phenoxy) is 1. The molecule has 0 aliphatic carbocycles. The molecule has 11 heteroatoms. The summed E-state index contributed by atoms with van der Waals surface area (Å²) in [5.41, 5.74) is -0.716. The highest BCUT2D eigenvalue weighted by molar-refractivity contribution is 7.89. The average Bonchev–Trinajstić information content (AvgIpc) is 3.37. The fraction of sp³-hybridized carbons (Fsp3) is 0.360. The van der Waals surface area contributed by atoms with Crippen LogP contribution in [0.5, 0.6) is 0 Å². The molecule has 2 aromatic carbocycles. The van der Waals surface area contributed by atoms with Crippen LogP contribution >= 0.6 is 0 Å². The third-order valence-electron chi connectivity index (χ3n) is 6.94. The van der Waals surface area contributed by atoms with Gasteiger partial charge in [0, 0.05) is 36.1 Å². The van der Waals surface area contributed by atoms with Crippen molar-refractivity contribution in [3.05, 3.63) is 89.0 Å². The number of amides is 1. The minimum Gasteiger partial charge on any atom is -0.376 e. The van der Waals surface area contributed by atoms with Crippen molar-refractivity contribution in [2.45, 2.75) is 43.1 Å². The highest BCUT2D eigenvalue weighted by Gasteiger charge is 2.45. The minimum atomic E-state index is -3.81. The summed E-state index contributed by atoms with van der Waals surface area (Å²) >= 11 is 0. The van der Waals surface area contributed by atoms with Gasteiger partial charge in [0.15, 0.2) is 5.82 Å². The Kier molecular flexibility index (Phi) is 6.39. The molecule has 2 atom stereocenters. The summed E-state index contributed by atoms with van der Waals surface area (Å²) in [6.07, 6.45) is 3.94. The number of halogens is 2. The molecular weight excluding hydrogens is 490 g/mol. The first kappa shape index (κ1) is 24.5. The largest absolute Gasteiger partial charge is 0.376 e. The van der Waals surface area contributed by atoms with Gasteiger partial charge in [-0.3, -0.25) is 4.79 Å². The Bertz CT molecular complexity index is 1360. The molecule has 2 N–H and O–H groups in total. The van der Waals surface area contributed by atoms with Crippen LogP contribution < -0.4 is 5.32 Å². The minimum absolute atomic E-state index is 0.0363. The molecule has 5 rings (SSSR count). The van der Waals surface area contributed by atoms with E-state index in [2.05, 4.69) is 15.3 Å². The summed E-state index contributed by atoms with van der Waals surface area (Å²) in [5.74, 6) is -2.05. The number of carbonyl (C=O) groups is 1. The van der Waals surface area contributed by atoms with Gasteiger partial charge in [-0.05, 0) is 37.5 Å². The molecule has 0 bridgehead atoms. The molecule has 1 aromatic heterocycles. The maximum absolute atomic E-state index is 15.4. The molecule has 2 fully saturated rings. The lowest BCUT2D eigenvalue weighted by Crippen LogP contribution is -2.60. The summed E-state index contributed by atoms with van der Waals surface area (Å²) in [5, 5.41) is 1.95. The second-order valence-corrected chi connectivity index (χ2v) is 11.4. The number of nitrogens with one attached hydrogen (secondary N) is 2. The number of imidazole rings is 1. The molecule has 8 nitrogen and oxygen atoms in total. The van der Waals surface area contributed by atoms with E-state index in [1.165, 1.54) is 16.7 Å². The Morgan fingerprint density at radius 1 is 1.19 bits per heavy atom. The van der Waals surface area contributed by atoms with Crippen LogP contribution in [-0.2, 0) is 26.8 Å². The van der Waals surface area contributed by atoms with Crippen molar-refractivity contribution in [1.82, 2.24) is 19.6 Å². The second-order valence-electron chi connectivity index (χ2n) is 9.31. The maximum Gasteiger partial charge on any atom is 0.287 e. The van der Waals surface area contributed by atoms with Gasteiger partial charge in [-0.15, -0.1) is 0 Å². The van der Waals surface area contributed by atoms with E-state index in [4.69, 9.17) is 4.74 Å².